The Bertz CT molecular complexity index is 347. The molecule has 1 N–H and O–H groups in total. The van der Waals surface area contributed by atoms with E-state index in [4.69, 9.17) is 0 Å². The smallest absolute Gasteiger partial charge is 0.126 e. The minimum absolute atomic E-state index is 0.219. The molecule has 0 heterocycles. The summed E-state index contributed by atoms with van der Waals surface area (Å²) in [7, 11) is 0. The SMILES string of the molecule is CCCCCCCC(C)(O)Cc1ccccc1F. The van der Waals surface area contributed by atoms with Gasteiger partial charge in [0.25, 0.3) is 0 Å². The zero-order chi connectivity index (χ0) is 13.4. The lowest BCUT2D eigenvalue weighted by Crippen LogP contribution is -2.27. The van der Waals surface area contributed by atoms with Gasteiger partial charge in [0.05, 0.1) is 5.60 Å². The van der Waals surface area contributed by atoms with Gasteiger partial charge in [-0.2, -0.15) is 0 Å². The van der Waals surface area contributed by atoms with Crippen molar-refractivity contribution in [1.29, 1.82) is 0 Å². The van der Waals surface area contributed by atoms with Gasteiger partial charge in [-0.05, 0) is 25.0 Å². The Hall–Kier alpha value is -0.890. The van der Waals surface area contributed by atoms with E-state index >= 15 is 0 Å². The van der Waals surface area contributed by atoms with Gasteiger partial charge in [0.15, 0.2) is 0 Å². The summed E-state index contributed by atoms with van der Waals surface area (Å²) in [6, 6.07) is 6.70. The largest absolute Gasteiger partial charge is 0.390 e. The van der Waals surface area contributed by atoms with Gasteiger partial charge in [-0.15, -0.1) is 0 Å². The molecule has 18 heavy (non-hydrogen) atoms. The van der Waals surface area contributed by atoms with Crippen LogP contribution in [-0.4, -0.2) is 10.7 Å². The van der Waals surface area contributed by atoms with E-state index in [9.17, 15) is 9.50 Å². The molecule has 0 aliphatic carbocycles. The van der Waals surface area contributed by atoms with Gasteiger partial charge in [0.1, 0.15) is 5.82 Å². The van der Waals surface area contributed by atoms with E-state index in [1.54, 1.807) is 19.1 Å². The summed E-state index contributed by atoms with van der Waals surface area (Å²) in [5, 5.41) is 10.3. The van der Waals surface area contributed by atoms with Crippen LogP contribution in [0.25, 0.3) is 0 Å². The fourth-order valence-electron chi connectivity index (χ4n) is 2.25. The molecule has 2 heteroatoms. The topological polar surface area (TPSA) is 20.2 Å². The molecule has 0 amide bonds. The van der Waals surface area contributed by atoms with Crippen molar-refractivity contribution in [3.05, 3.63) is 35.6 Å². The van der Waals surface area contributed by atoms with Crippen molar-refractivity contribution in [2.75, 3.05) is 0 Å². The Morgan fingerprint density at radius 3 is 2.44 bits per heavy atom. The molecule has 0 saturated carbocycles. The van der Waals surface area contributed by atoms with Gasteiger partial charge >= 0.3 is 0 Å². The van der Waals surface area contributed by atoms with Crippen molar-refractivity contribution in [3.8, 4) is 0 Å². The van der Waals surface area contributed by atoms with Crippen LogP contribution in [0.1, 0.15) is 57.9 Å². The third-order valence-corrected chi connectivity index (χ3v) is 3.35. The normalized spacial score (nSPS) is 14.4. The lowest BCUT2D eigenvalue weighted by atomic mass is 9.90. The highest BCUT2D eigenvalue weighted by Gasteiger charge is 2.21. The van der Waals surface area contributed by atoms with E-state index in [2.05, 4.69) is 6.92 Å². The maximum Gasteiger partial charge on any atom is 0.126 e. The first-order valence-electron chi connectivity index (χ1n) is 7.01. The summed E-state index contributed by atoms with van der Waals surface area (Å²) in [6.45, 7) is 3.99. The second kappa shape index (κ2) is 7.52. The van der Waals surface area contributed by atoms with Crippen LogP contribution in [0.15, 0.2) is 24.3 Å². The number of halogens is 1. The molecule has 0 fully saturated rings. The molecule has 0 bridgehead atoms. The van der Waals surface area contributed by atoms with E-state index in [1.807, 2.05) is 6.07 Å². The molecule has 1 rings (SSSR count). The van der Waals surface area contributed by atoms with Crippen molar-refractivity contribution in [3.63, 3.8) is 0 Å². The van der Waals surface area contributed by atoms with Gasteiger partial charge in [-0.3, -0.25) is 0 Å². The molecular weight excluding hydrogens is 227 g/mol. The quantitative estimate of drug-likeness (QED) is 0.676. The fraction of sp³-hybridized carbons (Fsp3) is 0.625. The summed E-state index contributed by atoms with van der Waals surface area (Å²) in [5.74, 6) is -0.219. The molecule has 0 saturated heterocycles. The molecule has 0 radical (unpaired) electrons. The van der Waals surface area contributed by atoms with Crippen molar-refractivity contribution >= 4 is 0 Å². The van der Waals surface area contributed by atoms with Crippen LogP contribution >= 0.6 is 0 Å². The summed E-state index contributed by atoms with van der Waals surface area (Å²) in [6.07, 6.45) is 7.02. The lowest BCUT2D eigenvalue weighted by molar-refractivity contribution is 0.0476. The van der Waals surface area contributed by atoms with Gasteiger partial charge in [-0.1, -0.05) is 57.2 Å². The van der Waals surface area contributed by atoms with E-state index < -0.39 is 5.60 Å². The van der Waals surface area contributed by atoms with Crippen LogP contribution in [-0.2, 0) is 6.42 Å². The van der Waals surface area contributed by atoms with E-state index in [1.165, 1.54) is 25.3 Å². The zero-order valence-corrected chi connectivity index (χ0v) is 11.6. The summed E-state index contributed by atoms with van der Waals surface area (Å²) in [5.41, 5.74) is -0.190. The number of hydrogen-bond acceptors (Lipinski definition) is 1. The first-order valence-corrected chi connectivity index (χ1v) is 7.01. The fourth-order valence-corrected chi connectivity index (χ4v) is 2.25. The van der Waals surface area contributed by atoms with E-state index in [0.29, 0.717) is 12.0 Å². The van der Waals surface area contributed by atoms with E-state index in [-0.39, 0.29) is 5.82 Å². The summed E-state index contributed by atoms with van der Waals surface area (Å²) < 4.78 is 13.5. The molecule has 1 nitrogen and oxygen atoms in total. The van der Waals surface area contributed by atoms with Crippen molar-refractivity contribution in [2.24, 2.45) is 0 Å². The summed E-state index contributed by atoms with van der Waals surface area (Å²) in [4.78, 5) is 0. The zero-order valence-electron chi connectivity index (χ0n) is 11.6. The number of benzene rings is 1. The molecule has 0 aliphatic rings. The molecule has 0 spiro atoms. The van der Waals surface area contributed by atoms with Crippen LogP contribution < -0.4 is 0 Å². The highest BCUT2D eigenvalue weighted by molar-refractivity contribution is 5.19. The van der Waals surface area contributed by atoms with Crippen LogP contribution in [0.4, 0.5) is 4.39 Å². The Morgan fingerprint density at radius 1 is 1.11 bits per heavy atom. The Kier molecular flexibility index (Phi) is 6.34. The highest BCUT2D eigenvalue weighted by Crippen LogP contribution is 2.22. The molecule has 1 aromatic rings. The molecule has 0 aliphatic heterocycles. The van der Waals surface area contributed by atoms with Crippen LogP contribution in [0, 0.1) is 5.82 Å². The van der Waals surface area contributed by atoms with Gasteiger partial charge < -0.3 is 5.11 Å². The second-order valence-electron chi connectivity index (χ2n) is 5.43. The van der Waals surface area contributed by atoms with Crippen LogP contribution in [0.5, 0.6) is 0 Å². The molecule has 1 aromatic carbocycles. The predicted molar refractivity (Wildman–Crippen MR) is 74.1 cm³/mol. The maximum absolute atomic E-state index is 13.5. The Balaban J connectivity index is 2.37. The van der Waals surface area contributed by atoms with Gasteiger partial charge in [0.2, 0.25) is 0 Å². The van der Waals surface area contributed by atoms with E-state index in [0.717, 1.165) is 19.3 Å². The average Bonchev–Trinajstić information content (AvgIpc) is 2.31. The second-order valence-corrected chi connectivity index (χ2v) is 5.43. The van der Waals surface area contributed by atoms with Crippen molar-refractivity contribution in [1.82, 2.24) is 0 Å². The Morgan fingerprint density at radius 2 is 1.78 bits per heavy atom. The number of aliphatic hydroxyl groups is 1. The molecule has 1 unspecified atom stereocenters. The minimum Gasteiger partial charge on any atom is -0.390 e. The monoisotopic (exact) mass is 252 g/mol. The number of rotatable bonds is 8. The molecule has 1 atom stereocenters. The standard InChI is InChI=1S/C16H25FO/c1-3-4-5-6-9-12-16(2,18)13-14-10-7-8-11-15(14)17/h7-8,10-11,18H,3-6,9,12-13H2,1-2H3. The minimum atomic E-state index is -0.797. The number of unbranched alkanes of at least 4 members (excludes halogenated alkanes) is 4. The predicted octanol–water partition coefficient (Wildman–Crippen LogP) is 4.48. The molecule has 0 aromatic heterocycles. The van der Waals surface area contributed by atoms with Crippen LogP contribution in [0.3, 0.4) is 0 Å². The van der Waals surface area contributed by atoms with Gasteiger partial charge in [0, 0.05) is 6.42 Å². The first-order chi connectivity index (χ1) is 8.55. The van der Waals surface area contributed by atoms with Gasteiger partial charge in [-0.25, -0.2) is 4.39 Å². The Labute approximate surface area is 110 Å². The third-order valence-electron chi connectivity index (χ3n) is 3.35. The average molecular weight is 252 g/mol. The maximum atomic E-state index is 13.5. The van der Waals surface area contributed by atoms with Crippen molar-refractivity contribution < 1.29 is 9.50 Å². The first kappa shape index (κ1) is 15.2. The van der Waals surface area contributed by atoms with Crippen molar-refractivity contribution in [2.45, 2.75) is 64.4 Å². The molecule has 102 valence electrons. The summed E-state index contributed by atoms with van der Waals surface area (Å²) >= 11 is 0. The third kappa shape index (κ3) is 5.63. The highest BCUT2D eigenvalue weighted by atomic mass is 19.1. The number of hydrogen-bond donors (Lipinski definition) is 1. The van der Waals surface area contributed by atoms with Crippen LogP contribution in [0.2, 0.25) is 0 Å². The molecular formula is C16H25FO. The lowest BCUT2D eigenvalue weighted by Gasteiger charge is -2.23.